The highest BCUT2D eigenvalue weighted by Gasteiger charge is 2.19. The van der Waals surface area contributed by atoms with Gasteiger partial charge in [-0.3, -0.25) is 4.90 Å². The molecule has 4 rings (SSSR count). The Kier molecular flexibility index (Phi) is 7.99. The quantitative estimate of drug-likeness (QED) is 0.692. The standard InChI is InChI=1S/C26H38N6/c1-30(2)24-11-9-22(10-12-24)8-7-17-31-20-14-23(15-21-31)28-26-27-16-13-25(29-26)32-18-5-3-4-6-19-32/h7-13,16,23H,3-6,14-15,17-21H2,1-2H3,(H,27,28,29)/b8-7+. The molecular formula is C26H38N6. The highest BCUT2D eigenvalue weighted by atomic mass is 15.2. The first kappa shape index (κ1) is 22.6. The Balaban J connectivity index is 1.22. The molecule has 0 bridgehead atoms. The molecule has 0 aliphatic carbocycles. The van der Waals surface area contributed by atoms with E-state index in [0.29, 0.717) is 6.04 Å². The summed E-state index contributed by atoms with van der Waals surface area (Å²) in [5.74, 6) is 1.86. The van der Waals surface area contributed by atoms with E-state index in [0.717, 1.165) is 57.3 Å². The van der Waals surface area contributed by atoms with E-state index in [4.69, 9.17) is 4.98 Å². The topological polar surface area (TPSA) is 47.5 Å². The number of nitrogens with zero attached hydrogens (tertiary/aromatic N) is 5. The number of piperidine rings is 1. The van der Waals surface area contributed by atoms with Crippen molar-refractivity contribution in [2.24, 2.45) is 0 Å². The Bertz CT molecular complexity index is 847. The summed E-state index contributed by atoms with van der Waals surface area (Å²) >= 11 is 0. The van der Waals surface area contributed by atoms with Crippen LogP contribution in [-0.4, -0.2) is 67.7 Å². The number of anilines is 3. The molecule has 0 radical (unpaired) electrons. The Morgan fingerprint density at radius 1 is 0.969 bits per heavy atom. The monoisotopic (exact) mass is 434 g/mol. The maximum Gasteiger partial charge on any atom is 0.224 e. The van der Waals surface area contributed by atoms with Gasteiger partial charge in [-0.25, -0.2) is 4.98 Å². The first-order valence-electron chi connectivity index (χ1n) is 12.2. The van der Waals surface area contributed by atoms with Crippen LogP contribution in [0.2, 0.25) is 0 Å². The van der Waals surface area contributed by atoms with Crippen molar-refractivity contribution in [3.63, 3.8) is 0 Å². The predicted molar refractivity (Wildman–Crippen MR) is 136 cm³/mol. The van der Waals surface area contributed by atoms with E-state index in [2.05, 4.69) is 81.6 Å². The number of hydrogen-bond donors (Lipinski definition) is 1. The smallest absolute Gasteiger partial charge is 0.224 e. The largest absolute Gasteiger partial charge is 0.378 e. The zero-order chi connectivity index (χ0) is 22.2. The van der Waals surface area contributed by atoms with Crippen LogP contribution in [-0.2, 0) is 0 Å². The van der Waals surface area contributed by atoms with E-state index in [9.17, 15) is 0 Å². The van der Waals surface area contributed by atoms with Gasteiger partial charge >= 0.3 is 0 Å². The molecular weight excluding hydrogens is 396 g/mol. The van der Waals surface area contributed by atoms with Gasteiger partial charge in [0, 0.05) is 64.7 Å². The number of hydrogen-bond acceptors (Lipinski definition) is 6. The minimum atomic E-state index is 0.452. The summed E-state index contributed by atoms with van der Waals surface area (Å²) < 4.78 is 0. The average Bonchev–Trinajstić information content (AvgIpc) is 3.11. The van der Waals surface area contributed by atoms with Crippen LogP contribution in [0.4, 0.5) is 17.5 Å². The molecule has 2 saturated heterocycles. The summed E-state index contributed by atoms with van der Waals surface area (Å²) in [4.78, 5) is 16.4. The van der Waals surface area contributed by atoms with Crippen LogP contribution in [0.5, 0.6) is 0 Å². The molecule has 0 unspecified atom stereocenters. The lowest BCUT2D eigenvalue weighted by Crippen LogP contribution is -2.39. The maximum absolute atomic E-state index is 4.83. The Morgan fingerprint density at radius 3 is 2.38 bits per heavy atom. The van der Waals surface area contributed by atoms with Gasteiger partial charge < -0.3 is 15.1 Å². The van der Waals surface area contributed by atoms with Gasteiger partial charge in [0.05, 0.1) is 0 Å². The second-order valence-corrected chi connectivity index (χ2v) is 9.25. The molecule has 0 amide bonds. The van der Waals surface area contributed by atoms with E-state index in [1.165, 1.54) is 36.9 Å². The van der Waals surface area contributed by atoms with E-state index in [1.807, 2.05) is 6.20 Å². The highest BCUT2D eigenvalue weighted by Crippen LogP contribution is 2.20. The number of aromatic nitrogens is 2. The second-order valence-electron chi connectivity index (χ2n) is 9.25. The van der Waals surface area contributed by atoms with Crippen LogP contribution in [0.1, 0.15) is 44.1 Å². The normalized spacial score (nSPS) is 18.6. The Morgan fingerprint density at radius 2 is 1.69 bits per heavy atom. The van der Waals surface area contributed by atoms with Gasteiger partial charge in [-0.2, -0.15) is 4.98 Å². The third-order valence-electron chi connectivity index (χ3n) is 6.58. The summed E-state index contributed by atoms with van der Waals surface area (Å²) in [5.41, 5.74) is 2.49. The van der Waals surface area contributed by atoms with Crippen molar-refractivity contribution in [3.05, 3.63) is 48.2 Å². The van der Waals surface area contributed by atoms with Gasteiger partial charge in [0.1, 0.15) is 5.82 Å². The summed E-state index contributed by atoms with van der Waals surface area (Å²) in [5, 5.41) is 3.60. The van der Waals surface area contributed by atoms with Crippen molar-refractivity contribution in [2.45, 2.75) is 44.6 Å². The van der Waals surface area contributed by atoms with Crippen molar-refractivity contribution in [2.75, 3.05) is 61.9 Å². The highest BCUT2D eigenvalue weighted by molar-refractivity contribution is 5.55. The SMILES string of the molecule is CN(C)c1ccc(/C=C/CN2CCC(Nc3nccc(N4CCCCCC4)n3)CC2)cc1. The molecule has 1 N–H and O–H groups in total. The average molecular weight is 435 g/mol. The van der Waals surface area contributed by atoms with E-state index >= 15 is 0 Å². The van der Waals surface area contributed by atoms with Gasteiger partial charge in [-0.15, -0.1) is 0 Å². The molecule has 1 aromatic carbocycles. The van der Waals surface area contributed by atoms with Gasteiger partial charge in [-0.05, 0) is 49.4 Å². The molecule has 2 fully saturated rings. The fourth-order valence-electron chi connectivity index (χ4n) is 4.56. The minimum absolute atomic E-state index is 0.452. The van der Waals surface area contributed by atoms with Gasteiger partial charge in [0.25, 0.3) is 0 Å². The number of nitrogens with one attached hydrogen (secondary N) is 1. The lowest BCUT2D eigenvalue weighted by molar-refractivity contribution is 0.240. The first-order chi connectivity index (χ1) is 15.7. The molecule has 1 aromatic heterocycles. The van der Waals surface area contributed by atoms with E-state index in [-0.39, 0.29) is 0 Å². The number of likely N-dealkylation sites (tertiary alicyclic amines) is 1. The summed E-state index contributed by atoms with van der Waals surface area (Å²) in [7, 11) is 4.14. The van der Waals surface area contributed by atoms with Crippen molar-refractivity contribution in [1.29, 1.82) is 0 Å². The Hall–Kier alpha value is -2.60. The maximum atomic E-state index is 4.83. The molecule has 6 heteroatoms. The van der Waals surface area contributed by atoms with Crippen LogP contribution in [0.3, 0.4) is 0 Å². The molecule has 3 heterocycles. The summed E-state index contributed by atoms with van der Waals surface area (Å²) in [6.45, 7) is 5.44. The van der Waals surface area contributed by atoms with Crippen LogP contribution in [0, 0.1) is 0 Å². The molecule has 32 heavy (non-hydrogen) atoms. The third kappa shape index (κ3) is 6.45. The Labute approximate surface area is 193 Å². The van der Waals surface area contributed by atoms with Gasteiger partial charge in [0.2, 0.25) is 5.95 Å². The first-order valence-corrected chi connectivity index (χ1v) is 12.2. The molecule has 172 valence electrons. The van der Waals surface area contributed by atoms with Crippen molar-refractivity contribution in [3.8, 4) is 0 Å². The fraction of sp³-hybridized carbons (Fsp3) is 0.538. The fourth-order valence-corrected chi connectivity index (χ4v) is 4.56. The van der Waals surface area contributed by atoms with Crippen molar-refractivity contribution in [1.82, 2.24) is 14.9 Å². The van der Waals surface area contributed by atoms with Crippen LogP contribution in [0.25, 0.3) is 6.08 Å². The lowest BCUT2D eigenvalue weighted by atomic mass is 10.1. The van der Waals surface area contributed by atoms with Crippen molar-refractivity contribution >= 4 is 23.5 Å². The van der Waals surface area contributed by atoms with E-state index in [1.54, 1.807) is 0 Å². The number of rotatable bonds is 7. The van der Waals surface area contributed by atoms with E-state index < -0.39 is 0 Å². The second kappa shape index (κ2) is 11.3. The van der Waals surface area contributed by atoms with Crippen LogP contribution in [0.15, 0.2) is 42.6 Å². The van der Waals surface area contributed by atoms with Crippen LogP contribution < -0.4 is 15.1 Å². The lowest BCUT2D eigenvalue weighted by Gasteiger charge is -2.31. The van der Waals surface area contributed by atoms with Crippen molar-refractivity contribution < 1.29 is 0 Å². The van der Waals surface area contributed by atoms with Gasteiger partial charge in [-0.1, -0.05) is 37.1 Å². The molecule has 6 nitrogen and oxygen atoms in total. The van der Waals surface area contributed by atoms with Crippen LogP contribution >= 0.6 is 0 Å². The summed E-state index contributed by atoms with van der Waals surface area (Å²) in [6, 6.07) is 11.2. The molecule has 0 saturated carbocycles. The number of benzene rings is 1. The third-order valence-corrected chi connectivity index (χ3v) is 6.58. The molecule has 0 atom stereocenters. The molecule has 2 aliphatic rings. The predicted octanol–water partition coefficient (Wildman–Crippen LogP) is 4.51. The zero-order valence-electron chi connectivity index (χ0n) is 19.7. The molecule has 2 aromatic rings. The van der Waals surface area contributed by atoms with Gasteiger partial charge in [0.15, 0.2) is 0 Å². The summed E-state index contributed by atoms with van der Waals surface area (Å²) in [6.07, 6.45) is 13.9. The zero-order valence-corrected chi connectivity index (χ0v) is 19.7. The molecule has 0 spiro atoms. The minimum Gasteiger partial charge on any atom is -0.378 e. The molecule has 2 aliphatic heterocycles.